The number of aryl methyl sites for hydroxylation is 1. The second-order valence-electron chi connectivity index (χ2n) is 7.08. The molecule has 0 aromatic heterocycles. The highest BCUT2D eigenvalue weighted by atomic mass is 35.5. The first kappa shape index (κ1) is 23.7. The molecule has 0 aliphatic heterocycles. The third-order valence-corrected chi connectivity index (χ3v) is 6.11. The molecule has 162 valence electrons. The third-order valence-electron chi connectivity index (χ3n) is 4.57. The Morgan fingerprint density at radius 2 is 1.83 bits per heavy atom. The summed E-state index contributed by atoms with van der Waals surface area (Å²) < 4.78 is 25.5. The Morgan fingerprint density at radius 1 is 1.17 bits per heavy atom. The summed E-state index contributed by atoms with van der Waals surface area (Å²) in [5.74, 6) is -0.897. The summed E-state index contributed by atoms with van der Waals surface area (Å²) in [5, 5.41) is 5.89. The van der Waals surface area contributed by atoms with Crippen molar-refractivity contribution in [3.8, 4) is 0 Å². The van der Waals surface area contributed by atoms with E-state index in [1.165, 1.54) is 6.07 Å². The molecule has 30 heavy (non-hydrogen) atoms. The van der Waals surface area contributed by atoms with Gasteiger partial charge in [-0.15, -0.1) is 0 Å². The number of anilines is 2. The number of rotatable bonds is 8. The Labute approximate surface area is 182 Å². The molecule has 0 bridgehead atoms. The van der Waals surface area contributed by atoms with Crippen molar-refractivity contribution >= 4 is 44.8 Å². The van der Waals surface area contributed by atoms with Crippen molar-refractivity contribution in [3.63, 3.8) is 0 Å². The van der Waals surface area contributed by atoms with Gasteiger partial charge in [-0.3, -0.25) is 13.9 Å². The van der Waals surface area contributed by atoms with Crippen molar-refractivity contribution in [3.05, 3.63) is 58.6 Å². The van der Waals surface area contributed by atoms with E-state index in [0.717, 1.165) is 22.5 Å². The number of halogens is 1. The number of sulfonamides is 1. The van der Waals surface area contributed by atoms with Gasteiger partial charge in [-0.05, 0) is 50.1 Å². The maximum atomic E-state index is 12.7. The van der Waals surface area contributed by atoms with Crippen molar-refractivity contribution < 1.29 is 18.0 Å². The summed E-state index contributed by atoms with van der Waals surface area (Å²) in [6.45, 7) is 5.18. The average molecular weight is 452 g/mol. The highest BCUT2D eigenvalue weighted by Gasteiger charge is 2.22. The van der Waals surface area contributed by atoms with E-state index in [9.17, 15) is 18.0 Å². The van der Waals surface area contributed by atoms with Crippen LogP contribution >= 0.6 is 11.6 Å². The first-order valence-corrected chi connectivity index (χ1v) is 11.7. The Kier molecular flexibility index (Phi) is 7.86. The van der Waals surface area contributed by atoms with Crippen molar-refractivity contribution in [1.82, 2.24) is 5.32 Å². The predicted molar refractivity (Wildman–Crippen MR) is 121 cm³/mol. The first-order valence-electron chi connectivity index (χ1n) is 9.46. The smallest absolute Gasteiger partial charge is 0.253 e. The normalized spacial score (nSPS) is 12.2. The molecule has 7 nitrogen and oxygen atoms in total. The second kappa shape index (κ2) is 9.95. The quantitative estimate of drug-likeness (QED) is 0.641. The number of nitrogens with one attached hydrogen (secondary N) is 2. The number of amides is 2. The molecule has 0 aliphatic carbocycles. The largest absolute Gasteiger partial charge is 0.350 e. The van der Waals surface area contributed by atoms with Crippen LogP contribution in [-0.4, -0.2) is 39.1 Å². The molecule has 0 heterocycles. The zero-order valence-corrected chi connectivity index (χ0v) is 19.0. The lowest BCUT2D eigenvalue weighted by molar-refractivity contribution is -0.114. The summed E-state index contributed by atoms with van der Waals surface area (Å²) in [4.78, 5) is 25.2. The summed E-state index contributed by atoms with van der Waals surface area (Å²) in [6.07, 6.45) is 1.78. The molecule has 0 radical (unpaired) electrons. The minimum atomic E-state index is -3.75. The highest BCUT2D eigenvalue weighted by Crippen LogP contribution is 2.25. The molecule has 0 saturated heterocycles. The Bertz CT molecular complexity index is 1040. The second-order valence-corrected chi connectivity index (χ2v) is 9.39. The fourth-order valence-electron chi connectivity index (χ4n) is 2.65. The molecule has 2 amide bonds. The number of carbonyl (C=O) groups is 2. The minimum Gasteiger partial charge on any atom is -0.350 e. The van der Waals surface area contributed by atoms with Gasteiger partial charge in [-0.1, -0.05) is 36.7 Å². The summed E-state index contributed by atoms with van der Waals surface area (Å²) in [6, 6.07) is 11.3. The predicted octanol–water partition coefficient (Wildman–Crippen LogP) is 3.58. The van der Waals surface area contributed by atoms with Crippen molar-refractivity contribution in [2.45, 2.75) is 33.2 Å². The SMILES string of the molecule is CC[C@H](C)NC(=O)c1ccccc1NC(=O)CN(c1ccc(C)c(Cl)c1)S(C)(=O)=O. The van der Waals surface area contributed by atoms with Crippen LogP contribution in [0.1, 0.15) is 36.2 Å². The van der Waals surface area contributed by atoms with E-state index in [2.05, 4.69) is 10.6 Å². The molecule has 0 spiro atoms. The van der Waals surface area contributed by atoms with Crippen LogP contribution in [-0.2, 0) is 14.8 Å². The first-order chi connectivity index (χ1) is 14.0. The number of nitrogens with zero attached hydrogens (tertiary/aromatic N) is 1. The van der Waals surface area contributed by atoms with Crippen LogP contribution in [0.15, 0.2) is 42.5 Å². The zero-order chi connectivity index (χ0) is 22.5. The third kappa shape index (κ3) is 6.21. The molecule has 2 aromatic carbocycles. The van der Waals surface area contributed by atoms with Gasteiger partial charge < -0.3 is 10.6 Å². The lowest BCUT2D eigenvalue weighted by Crippen LogP contribution is -2.38. The van der Waals surface area contributed by atoms with Crippen LogP contribution < -0.4 is 14.9 Å². The summed E-state index contributed by atoms with van der Waals surface area (Å²) >= 11 is 6.12. The Hall–Kier alpha value is -2.58. The van der Waals surface area contributed by atoms with Crippen molar-refractivity contribution in [2.24, 2.45) is 0 Å². The van der Waals surface area contributed by atoms with E-state index in [1.54, 1.807) is 43.3 Å². The van der Waals surface area contributed by atoms with Gasteiger partial charge >= 0.3 is 0 Å². The number of hydrogen-bond donors (Lipinski definition) is 2. The Balaban J connectivity index is 2.24. The topological polar surface area (TPSA) is 95.6 Å². The maximum absolute atomic E-state index is 12.7. The van der Waals surface area contributed by atoms with E-state index < -0.39 is 22.5 Å². The molecule has 0 unspecified atom stereocenters. The van der Waals surface area contributed by atoms with Gasteiger partial charge in [0.2, 0.25) is 15.9 Å². The highest BCUT2D eigenvalue weighted by molar-refractivity contribution is 7.92. The fourth-order valence-corrected chi connectivity index (χ4v) is 3.67. The zero-order valence-electron chi connectivity index (χ0n) is 17.4. The van der Waals surface area contributed by atoms with E-state index in [1.807, 2.05) is 13.8 Å². The van der Waals surface area contributed by atoms with Gasteiger partial charge in [-0.25, -0.2) is 8.42 Å². The van der Waals surface area contributed by atoms with Gasteiger partial charge in [0.1, 0.15) is 6.54 Å². The Morgan fingerprint density at radius 3 is 2.43 bits per heavy atom. The number of para-hydroxylation sites is 1. The van der Waals surface area contributed by atoms with Crippen LogP contribution in [0.4, 0.5) is 11.4 Å². The summed E-state index contributed by atoms with van der Waals surface area (Å²) in [5.41, 5.74) is 1.68. The van der Waals surface area contributed by atoms with Crippen LogP contribution in [0, 0.1) is 6.92 Å². The number of hydrogen-bond acceptors (Lipinski definition) is 4. The molecule has 0 saturated carbocycles. The summed E-state index contributed by atoms with van der Waals surface area (Å²) in [7, 11) is -3.75. The average Bonchev–Trinajstić information content (AvgIpc) is 2.67. The molecule has 2 rings (SSSR count). The molecular weight excluding hydrogens is 426 g/mol. The van der Waals surface area contributed by atoms with Crippen molar-refractivity contribution in [2.75, 3.05) is 22.4 Å². The standard InChI is InChI=1S/C21H26ClN3O4S/c1-5-15(3)23-21(27)17-8-6-7-9-19(17)24-20(26)13-25(30(4,28)29)16-11-10-14(2)18(22)12-16/h6-12,15H,5,13H2,1-4H3,(H,23,27)(H,24,26)/t15-/m0/s1. The lowest BCUT2D eigenvalue weighted by atomic mass is 10.1. The molecule has 0 fully saturated rings. The molecule has 9 heteroatoms. The van der Waals surface area contributed by atoms with Gasteiger partial charge in [0, 0.05) is 11.1 Å². The van der Waals surface area contributed by atoms with Gasteiger partial charge in [0.05, 0.1) is 23.2 Å². The number of carbonyl (C=O) groups excluding carboxylic acids is 2. The minimum absolute atomic E-state index is 0.0201. The lowest BCUT2D eigenvalue weighted by Gasteiger charge is -2.23. The van der Waals surface area contributed by atoms with Gasteiger partial charge in [0.15, 0.2) is 0 Å². The van der Waals surface area contributed by atoms with Crippen molar-refractivity contribution in [1.29, 1.82) is 0 Å². The molecule has 2 N–H and O–H groups in total. The molecular formula is C21H26ClN3O4S. The van der Waals surface area contributed by atoms with Crippen LogP contribution in [0.25, 0.3) is 0 Å². The van der Waals surface area contributed by atoms with E-state index >= 15 is 0 Å². The van der Waals surface area contributed by atoms with E-state index in [4.69, 9.17) is 11.6 Å². The molecule has 2 aromatic rings. The van der Waals surface area contributed by atoms with E-state index in [0.29, 0.717) is 16.3 Å². The van der Waals surface area contributed by atoms with Gasteiger partial charge in [-0.2, -0.15) is 0 Å². The molecule has 1 atom stereocenters. The van der Waals surface area contributed by atoms with Crippen LogP contribution in [0.5, 0.6) is 0 Å². The fraction of sp³-hybridized carbons (Fsp3) is 0.333. The molecule has 0 aliphatic rings. The monoisotopic (exact) mass is 451 g/mol. The van der Waals surface area contributed by atoms with Gasteiger partial charge in [0.25, 0.3) is 5.91 Å². The van der Waals surface area contributed by atoms with Crippen LogP contribution in [0.2, 0.25) is 5.02 Å². The number of benzene rings is 2. The van der Waals surface area contributed by atoms with E-state index in [-0.39, 0.29) is 17.6 Å². The van der Waals surface area contributed by atoms with Crippen LogP contribution in [0.3, 0.4) is 0 Å². The maximum Gasteiger partial charge on any atom is 0.253 e.